The van der Waals surface area contributed by atoms with Crippen LogP contribution in [-0.2, 0) is 4.74 Å². The number of amides is 1. The van der Waals surface area contributed by atoms with Crippen molar-refractivity contribution in [3.05, 3.63) is 46.6 Å². The van der Waals surface area contributed by atoms with E-state index in [-0.39, 0.29) is 0 Å². The fourth-order valence-electron chi connectivity index (χ4n) is 1.39. The monoisotopic (exact) mass is 322 g/mol. The van der Waals surface area contributed by atoms with Crippen LogP contribution in [0.4, 0.5) is 4.79 Å². The van der Waals surface area contributed by atoms with E-state index in [9.17, 15) is 4.79 Å². The summed E-state index contributed by atoms with van der Waals surface area (Å²) in [5, 5.41) is 3.68. The lowest BCUT2D eigenvalue weighted by Gasteiger charge is -1.96. The van der Waals surface area contributed by atoms with E-state index in [1.54, 1.807) is 6.07 Å². The minimum atomic E-state index is -0.629. The first-order valence-corrected chi connectivity index (χ1v) is 6.21. The van der Waals surface area contributed by atoms with Crippen LogP contribution in [0.1, 0.15) is 5.76 Å². The Balaban J connectivity index is 2.06. The van der Waals surface area contributed by atoms with Crippen molar-refractivity contribution in [1.82, 2.24) is 5.43 Å². The highest BCUT2D eigenvalue weighted by molar-refractivity contribution is 9.10. The summed E-state index contributed by atoms with van der Waals surface area (Å²) in [6.07, 6.45) is 0.773. The molecule has 5 nitrogen and oxygen atoms in total. The van der Waals surface area contributed by atoms with Crippen LogP contribution in [0.3, 0.4) is 0 Å². The van der Waals surface area contributed by atoms with Crippen LogP contribution in [0.2, 0.25) is 0 Å². The summed E-state index contributed by atoms with van der Waals surface area (Å²) in [5.74, 6) is 1.27. The molecule has 0 radical (unpaired) electrons. The number of carbonyl (C=O) groups excluding carboxylic acids is 1. The molecule has 0 aliphatic carbocycles. The van der Waals surface area contributed by atoms with E-state index >= 15 is 0 Å². The quantitative estimate of drug-likeness (QED) is 0.695. The maximum absolute atomic E-state index is 10.8. The van der Waals surface area contributed by atoms with Crippen molar-refractivity contribution < 1.29 is 13.9 Å². The van der Waals surface area contributed by atoms with Gasteiger partial charge in [-0.2, -0.15) is 5.10 Å². The maximum Gasteiger partial charge on any atom is 0.427 e. The number of nitrogens with one attached hydrogen (secondary N) is 1. The van der Waals surface area contributed by atoms with Crippen LogP contribution in [0.5, 0.6) is 0 Å². The molecule has 0 fully saturated rings. The number of ether oxygens (including phenoxy) is 1. The molecular formula is C13H11BrN2O3. The van der Waals surface area contributed by atoms with E-state index in [1.807, 2.05) is 30.3 Å². The number of carbonyl (C=O) groups is 1. The predicted octanol–water partition coefficient (Wildman–Crippen LogP) is 3.40. The molecule has 1 aromatic heterocycles. The van der Waals surface area contributed by atoms with Crippen LogP contribution < -0.4 is 5.43 Å². The standard InChI is InChI=1S/C13H11BrN2O3/c1-18-13(17)16-15-8-11-6-7-12(19-11)9-2-4-10(14)5-3-9/h2-8H,1H3,(H,16,17)/b15-8+. The minimum absolute atomic E-state index is 0.536. The first-order valence-electron chi connectivity index (χ1n) is 5.42. The maximum atomic E-state index is 10.8. The molecule has 6 heteroatoms. The highest BCUT2D eigenvalue weighted by Crippen LogP contribution is 2.23. The minimum Gasteiger partial charge on any atom is -0.455 e. The molecule has 1 N–H and O–H groups in total. The molecule has 0 saturated heterocycles. The summed E-state index contributed by atoms with van der Waals surface area (Å²) in [4.78, 5) is 10.8. The zero-order valence-electron chi connectivity index (χ0n) is 10.1. The SMILES string of the molecule is COC(=O)N/N=C/c1ccc(-c2ccc(Br)cc2)o1. The first kappa shape index (κ1) is 13.4. The molecule has 0 saturated carbocycles. The van der Waals surface area contributed by atoms with Gasteiger partial charge in [-0.05, 0) is 24.3 Å². The number of hydrogen-bond acceptors (Lipinski definition) is 4. The van der Waals surface area contributed by atoms with Crippen molar-refractivity contribution in [2.75, 3.05) is 7.11 Å². The van der Waals surface area contributed by atoms with Gasteiger partial charge in [0.2, 0.25) is 0 Å². The van der Waals surface area contributed by atoms with Gasteiger partial charge in [0.05, 0.1) is 13.3 Å². The second-order valence-electron chi connectivity index (χ2n) is 3.57. The Hall–Kier alpha value is -2.08. The van der Waals surface area contributed by atoms with Gasteiger partial charge >= 0.3 is 6.09 Å². The van der Waals surface area contributed by atoms with Gasteiger partial charge < -0.3 is 9.15 Å². The Morgan fingerprint density at radius 1 is 1.32 bits per heavy atom. The Morgan fingerprint density at radius 2 is 2.05 bits per heavy atom. The molecule has 0 bridgehead atoms. The summed E-state index contributed by atoms with van der Waals surface area (Å²) >= 11 is 3.37. The molecule has 1 aromatic carbocycles. The Labute approximate surface area is 118 Å². The lowest BCUT2D eigenvalue weighted by molar-refractivity contribution is 0.171. The predicted molar refractivity (Wildman–Crippen MR) is 75.0 cm³/mol. The summed E-state index contributed by atoms with van der Waals surface area (Å²) in [5.41, 5.74) is 3.14. The van der Waals surface area contributed by atoms with Crippen LogP contribution in [0.15, 0.2) is 50.4 Å². The van der Waals surface area contributed by atoms with E-state index in [4.69, 9.17) is 4.42 Å². The number of nitrogens with zero attached hydrogens (tertiary/aromatic N) is 1. The Morgan fingerprint density at radius 3 is 2.74 bits per heavy atom. The average molecular weight is 323 g/mol. The molecular weight excluding hydrogens is 312 g/mol. The van der Waals surface area contributed by atoms with Crippen molar-refractivity contribution in [1.29, 1.82) is 0 Å². The summed E-state index contributed by atoms with van der Waals surface area (Å²) < 4.78 is 10.9. The van der Waals surface area contributed by atoms with Crippen molar-refractivity contribution in [2.45, 2.75) is 0 Å². The van der Waals surface area contributed by atoms with Crippen molar-refractivity contribution in [3.63, 3.8) is 0 Å². The van der Waals surface area contributed by atoms with Crippen molar-refractivity contribution in [3.8, 4) is 11.3 Å². The van der Waals surface area contributed by atoms with Crippen LogP contribution >= 0.6 is 15.9 Å². The van der Waals surface area contributed by atoms with Crippen molar-refractivity contribution >= 4 is 28.2 Å². The van der Waals surface area contributed by atoms with Gasteiger partial charge in [0.15, 0.2) is 0 Å². The number of halogens is 1. The molecule has 1 heterocycles. The lowest BCUT2D eigenvalue weighted by Crippen LogP contribution is -2.16. The number of furan rings is 1. The third kappa shape index (κ3) is 3.69. The zero-order valence-corrected chi connectivity index (χ0v) is 11.7. The van der Waals surface area contributed by atoms with Gasteiger partial charge in [-0.3, -0.25) is 0 Å². The third-order valence-corrected chi connectivity index (χ3v) is 2.82. The molecule has 0 spiro atoms. The van der Waals surface area contributed by atoms with E-state index < -0.39 is 6.09 Å². The second kappa shape index (κ2) is 6.19. The molecule has 0 aliphatic rings. The number of rotatable bonds is 3. The van der Waals surface area contributed by atoms with E-state index in [2.05, 4.69) is 31.2 Å². The van der Waals surface area contributed by atoms with Crippen LogP contribution in [0, 0.1) is 0 Å². The summed E-state index contributed by atoms with van der Waals surface area (Å²) in [6, 6.07) is 11.4. The highest BCUT2D eigenvalue weighted by Gasteiger charge is 2.03. The Bertz CT molecular complexity index is 590. The molecule has 0 aliphatic heterocycles. The largest absolute Gasteiger partial charge is 0.455 e. The number of hydrazone groups is 1. The molecule has 98 valence electrons. The normalized spacial score (nSPS) is 10.6. The fraction of sp³-hybridized carbons (Fsp3) is 0.0769. The third-order valence-electron chi connectivity index (χ3n) is 2.29. The topological polar surface area (TPSA) is 63.8 Å². The van der Waals surface area contributed by atoms with Crippen LogP contribution in [0.25, 0.3) is 11.3 Å². The number of methoxy groups -OCH3 is 1. The van der Waals surface area contributed by atoms with Gasteiger partial charge in [-0.15, -0.1) is 0 Å². The van der Waals surface area contributed by atoms with E-state index in [0.29, 0.717) is 5.76 Å². The summed E-state index contributed by atoms with van der Waals surface area (Å²) in [7, 11) is 1.27. The van der Waals surface area contributed by atoms with Gasteiger partial charge in [0, 0.05) is 10.0 Å². The zero-order chi connectivity index (χ0) is 13.7. The molecule has 19 heavy (non-hydrogen) atoms. The van der Waals surface area contributed by atoms with Crippen molar-refractivity contribution in [2.24, 2.45) is 5.10 Å². The fourth-order valence-corrected chi connectivity index (χ4v) is 1.65. The molecule has 0 atom stereocenters. The molecule has 0 unspecified atom stereocenters. The molecule has 2 rings (SSSR count). The lowest BCUT2D eigenvalue weighted by atomic mass is 10.2. The molecule has 1 amide bonds. The van der Waals surface area contributed by atoms with Gasteiger partial charge in [0.25, 0.3) is 0 Å². The second-order valence-corrected chi connectivity index (χ2v) is 4.49. The summed E-state index contributed by atoms with van der Waals surface area (Å²) in [6.45, 7) is 0. The number of benzene rings is 1. The van der Waals surface area contributed by atoms with E-state index in [0.717, 1.165) is 15.8 Å². The van der Waals surface area contributed by atoms with Gasteiger partial charge in [-0.25, -0.2) is 10.2 Å². The highest BCUT2D eigenvalue weighted by atomic mass is 79.9. The van der Waals surface area contributed by atoms with Gasteiger partial charge in [-0.1, -0.05) is 28.1 Å². The van der Waals surface area contributed by atoms with E-state index in [1.165, 1.54) is 13.3 Å². The Kier molecular flexibility index (Phi) is 4.35. The first-order chi connectivity index (χ1) is 9.19. The number of hydrogen-bond donors (Lipinski definition) is 1. The van der Waals surface area contributed by atoms with Gasteiger partial charge in [0.1, 0.15) is 11.5 Å². The average Bonchev–Trinajstić information content (AvgIpc) is 2.88. The smallest absolute Gasteiger partial charge is 0.427 e. The van der Waals surface area contributed by atoms with Crippen LogP contribution in [-0.4, -0.2) is 19.4 Å². The molecule has 2 aromatic rings.